The van der Waals surface area contributed by atoms with Gasteiger partial charge in [0.25, 0.3) is 0 Å². The number of hydrogen-bond donors (Lipinski definition) is 0. The van der Waals surface area contributed by atoms with Crippen LogP contribution in [0.5, 0.6) is 0 Å². The van der Waals surface area contributed by atoms with E-state index in [2.05, 4.69) is 0 Å². The number of halogens is 12. The summed E-state index contributed by atoms with van der Waals surface area (Å²) in [5.74, 6) is 1.06. The molecule has 10 aromatic carbocycles. The molecule has 0 saturated heterocycles. The topological polar surface area (TPSA) is 48.5 Å². The van der Waals surface area contributed by atoms with E-state index < -0.39 is 58.1 Å². The third-order valence-corrected chi connectivity index (χ3v) is 14.9. The SMILES string of the molecule is FC(F)(F)c1ccc(-c2ccc3c(c2)c2ccccc2n3-c2ccccc2-c2cc(-c3nc(-c4ccccc4)nc(-c4ccccc4)n3)ccc2-n2c3ccccc3c3cc(-c4ccc(C(F)(F)F)cc4C(F)(F)F)ccc32)c(C(F)(F)F)c1. The van der Waals surface area contributed by atoms with Gasteiger partial charge < -0.3 is 9.13 Å². The lowest BCUT2D eigenvalue weighted by Crippen LogP contribution is -2.12. The van der Waals surface area contributed by atoms with Crippen molar-refractivity contribution >= 4 is 43.6 Å². The molecule has 13 aromatic rings. The zero-order chi connectivity index (χ0) is 58.5. The van der Waals surface area contributed by atoms with Crippen LogP contribution in [0.4, 0.5) is 52.7 Å². The molecule has 0 radical (unpaired) electrons. The number of rotatable bonds is 8. The second-order valence-electron chi connectivity index (χ2n) is 20.0. The van der Waals surface area contributed by atoms with E-state index in [-0.39, 0.29) is 23.3 Å². The fourth-order valence-electron chi connectivity index (χ4n) is 11.1. The van der Waals surface area contributed by atoms with Crippen molar-refractivity contribution in [3.8, 4) is 78.9 Å². The van der Waals surface area contributed by atoms with Crippen LogP contribution in [0.25, 0.3) is 123 Å². The van der Waals surface area contributed by atoms with Gasteiger partial charge in [-0.25, -0.2) is 15.0 Å². The van der Waals surface area contributed by atoms with E-state index in [1.807, 2.05) is 124 Å². The van der Waals surface area contributed by atoms with Crippen LogP contribution in [0.1, 0.15) is 22.3 Å². The summed E-state index contributed by atoms with van der Waals surface area (Å²) in [5.41, 5.74) is -0.0587. The van der Waals surface area contributed by atoms with Crippen LogP contribution in [0.15, 0.2) is 224 Å². The minimum absolute atomic E-state index is 0.0214. The highest BCUT2D eigenvalue weighted by Crippen LogP contribution is 2.47. The van der Waals surface area contributed by atoms with Crippen molar-refractivity contribution in [1.82, 2.24) is 24.1 Å². The van der Waals surface area contributed by atoms with Crippen LogP contribution >= 0.6 is 0 Å². The van der Waals surface area contributed by atoms with Crippen LogP contribution in [-0.2, 0) is 24.7 Å². The summed E-state index contributed by atoms with van der Waals surface area (Å²) >= 11 is 0. The van der Waals surface area contributed by atoms with Gasteiger partial charge in [-0.15, -0.1) is 0 Å². The maximum absolute atomic E-state index is 14.7. The van der Waals surface area contributed by atoms with Crippen LogP contribution in [0.2, 0.25) is 0 Å². The highest BCUT2D eigenvalue weighted by atomic mass is 19.4. The summed E-state index contributed by atoms with van der Waals surface area (Å²) < 4.78 is 175. The van der Waals surface area contributed by atoms with Gasteiger partial charge in [-0.2, -0.15) is 52.7 Å². The van der Waals surface area contributed by atoms with Gasteiger partial charge in [0.1, 0.15) is 0 Å². The molecule has 0 aliphatic rings. The van der Waals surface area contributed by atoms with Crippen molar-refractivity contribution in [3.63, 3.8) is 0 Å². The second-order valence-corrected chi connectivity index (χ2v) is 20.0. The van der Waals surface area contributed by atoms with E-state index >= 15 is 0 Å². The number of nitrogens with zero attached hydrogens (tertiary/aromatic N) is 5. The van der Waals surface area contributed by atoms with Gasteiger partial charge in [0.15, 0.2) is 17.5 Å². The molecule has 414 valence electrons. The van der Waals surface area contributed by atoms with Crippen LogP contribution < -0.4 is 0 Å². The predicted octanol–water partition coefficient (Wildman–Crippen LogP) is 20.1. The third kappa shape index (κ3) is 9.44. The summed E-state index contributed by atoms with van der Waals surface area (Å²) in [6, 6.07) is 58.5. The first-order valence-corrected chi connectivity index (χ1v) is 25.9. The summed E-state index contributed by atoms with van der Waals surface area (Å²) in [7, 11) is 0. The molecule has 84 heavy (non-hydrogen) atoms. The fourth-order valence-corrected chi connectivity index (χ4v) is 11.1. The molecule has 0 amide bonds. The van der Waals surface area contributed by atoms with Crippen molar-refractivity contribution < 1.29 is 52.7 Å². The van der Waals surface area contributed by atoms with Crippen molar-refractivity contribution in [2.24, 2.45) is 0 Å². The Bertz CT molecular complexity index is 4670. The Labute approximate surface area is 469 Å². The predicted molar refractivity (Wildman–Crippen MR) is 301 cm³/mol. The number of aromatic nitrogens is 5. The van der Waals surface area contributed by atoms with Crippen molar-refractivity contribution in [3.05, 3.63) is 247 Å². The summed E-state index contributed by atoms with van der Waals surface area (Å²) in [4.78, 5) is 14.9. The zero-order valence-corrected chi connectivity index (χ0v) is 43.1. The largest absolute Gasteiger partial charge is 0.417 e. The van der Waals surface area contributed by atoms with Crippen LogP contribution in [0, 0.1) is 0 Å². The molecule has 0 atom stereocenters. The van der Waals surface area contributed by atoms with Gasteiger partial charge in [0, 0.05) is 49.4 Å². The van der Waals surface area contributed by atoms with Gasteiger partial charge in [-0.05, 0) is 107 Å². The molecule has 0 unspecified atom stereocenters. The minimum Gasteiger partial charge on any atom is -0.309 e. The average molecular weight is 1140 g/mol. The smallest absolute Gasteiger partial charge is 0.309 e. The molecule has 3 aromatic heterocycles. The molecule has 5 nitrogen and oxygen atoms in total. The lowest BCUT2D eigenvalue weighted by atomic mass is 9.95. The third-order valence-electron chi connectivity index (χ3n) is 14.9. The lowest BCUT2D eigenvalue weighted by molar-refractivity contribution is -0.144. The van der Waals surface area contributed by atoms with Gasteiger partial charge in [-0.1, -0.05) is 140 Å². The number of benzene rings is 10. The Morgan fingerprint density at radius 2 is 0.631 bits per heavy atom. The number of alkyl halides is 12. The molecule has 0 bridgehead atoms. The van der Waals surface area contributed by atoms with Gasteiger partial charge >= 0.3 is 24.7 Å². The summed E-state index contributed by atoms with van der Waals surface area (Å²) in [6.45, 7) is 0. The molecule has 0 aliphatic carbocycles. The normalized spacial score (nSPS) is 12.5. The highest BCUT2D eigenvalue weighted by molar-refractivity contribution is 6.13. The van der Waals surface area contributed by atoms with Crippen molar-refractivity contribution in [2.75, 3.05) is 0 Å². The molecule has 0 fully saturated rings. The lowest BCUT2D eigenvalue weighted by Gasteiger charge is -2.20. The molecule has 0 spiro atoms. The minimum atomic E-state index is -5.15. The molecular formula is C67H37F12N5. The molecule has 17 heteroatoms. The van der Waals surface area contributed by atoms with Crippen molar-refractivity contribution in [1.29, 1.82) is 0 Å². The number of hydrogen-bond acceptors (Lipinski definition) is 3. The highest BCUT2D eigenvalue weighted by Gasteiger charge is 2.40. The van der Waals surface area contributed by atoms with E-state index in [4.69, 9.17) is 15.0 Å². The molecule has 0 saturated carbocycles. The molecule has 0 aliphatic heterocycles. The quantitative estimate of drug-likeness (QED) is 0.142. The Kier molecular flexibility index (Phi) is 12.6. The molecular weight excluding hydrogens is 1100 g/mol. The van der Waals surface area contributed by atoms with Gasteiger partial charge in [0.2, 0.25) is 0 Å². The fraction of sp³-hybridized carbons (Fsp3) is 0.0597. The molecule has 0 N–H and O–H groups in total. The van der Waals surface area contributed by atoms with Crippen molar-refractivity contribution in [2.45, 2.75) is 24.7 Å². The average Bonchev–Trinajstić information content (AvgIpc) is 1.67. The number of para-hydroxylation sites is 3. The first-order chi connectivity index (χ1) is 40.2. The Morgan fingerprint density at radius 3 is 1.08 bits per heavy atom. The van der Waals surface area contributed by atoms with E-state index in [1.54, 1.807) is 48.5 Å². The maximum atomic E-state index is 14.7. The van der Waals surface area contributed by atoms with E-state index in [1.165, 1.54) is 24.3 Å². The second kappa shape index (κ2) is 19.9. The van der Waals surface area contributed by atoms with Crippen LogP contribution in [0.3, 0.4) is 0 Å². The summed E-state index contributed by atoms with van der Waals surface area (Å²) in [6.07, 6.45) is -20.3. The van der Waals surface area contributed by atoms with Gasteiger partial charge in [0.05, 0.1) is 55.7 Å². The molecule has 13 rings (SSSR count). The first kappa shape index (κ1) is 53.3. The standard InChI is InChI=1S/C67H37F12N5/c68-64(69,70)43-26-28-45(53(36-43)66(74,75)76)40-23-30-58-50(33-40)47-17-7-10-20-55(47)83(58)56-21-11-9-19-49(56)52-35-42(63-81-61(38-13-3-1-4-14-38)80-62(82-63)39-15-5-2-6-16-39)25-32-60(52)84-57-22-12-8-18-48(57)51-34-41(24-31-59(51)84)46-29-27-44(65(71,72)73)37-54(46)67(77,78)79/h1-37H. The first-order valence-electron chi connectivity index (χ1n) is 25.9. The van der Waals surface area contributed by atoms with E-state index in [0.717, 1.165) is 12.1 Å². The Balaban J connectivity index is 1.07. The molecule has 3 heterocycles. The Hall–Kier alpha value is -10.0. The zero-order valence-electron chi connectivity index (χ0n) is 43.1. The Morgan fingerprint density at radius 1 is 0.250 bits per heavy atom. The number of fused-ring (bicyclic) bond motifs is 6. The monoisotopic (exact) mass is 1140 g/mol. The van der Waals surface area contributed by atoms with E-state index in [0.29, 0.717) is 112 Å². The maximum Gasteiger partial charge on any atom is 0.417 e. The van der Waals surface area contributed by atoms with Crippen LogP contribution in [-0.4, -0.2) is 24.1 Å². The van der Waals surface area contributed by atoms with E-state index in [9.17, 15) is 52.7 Å². The van der Waals surface area contributed by atoms with Gasteiger partial charge in [-0.3, -0.25) is 0 Å². The summed E-state index contributed by atoms with van der Waals surface area (Å²) in [5, 5.41) is 2.20.